The van der Waals surface area contributed by atoms with Crippen molar-refractivity contribution in [2.45, 2.75) is 0 Å². The molecule has 0 spiro atoms. The Morgan fingerprint density at radius 2 is 1.89 bits per heavy atom. The molecule has 2 heterocycles. The van der Waals surface area contributed by atoms with Gasteiger partial charge in [-0.3, -0.25) is 10.1 Å². The largest absolute Gasteiger partial charge is 0.291 e. The van der Waals surface area contributed by atoms with Gasteiger partial charge in [-0.1, -0.05) is 6.07 Å². The summed E-state index contributed by atoms with van der Waals surface area (Å²) in [7, 11) is 0. The number of nitrogens with one attached hydrogen (secondary N) is 1. The Morgan fingerprint density at radius 1 is 1.11 bits per heavy atom. The zero-order chi connectivity index (χ0) is 12.5. The summed E-state index contributed by atoms with van der Waals surface area (Å²) in [5.41, 5.74) is 2.05. The fraction of sp³-hybridized carbons (Fsp3) is 0. The minimum absolute atomic E-state index is 0.0969. The van der Waals surface area contributed by atoms with Gasteiger partial charge in [0.25, 0.3) is 11.5 Å². The Morgan fingerprint density at radius 3 is 2.61 bits per heavy atom. The zero-order valence-corrected chi connectivity index (χ0v) is 9.41. The van der Waals surface area contributed by atoms with Crippen LogP contribution in [-0.4, -0.2) is 9.91 Å². The summed E-state index contributed by atoms with van der Waals surface area (Å²) in [6.07, 6.45) is 3.85. The van der Waals surface area contributed by atoms with Crippen LogP contribution in [0.1, 0.15) is 0 Å². The van der Waals surface area contributed by atoms with E-state index in [1.807, 2.05) is 35.0 Å². The lowest BCUT2D eigenvalue weighted by Gasteiger charge is -1.95. The van der Waals surface area contributed by atoms with Crippen LogP contribution in [0, 0.1) is 10.1 Å². The molecule has 2 aromatic heterocycles. The maximum Gasteiger partial charge on any atom is 0.291 e. The quantitative estimate of drug-likeness (QED) is 0.424. The summed E-state index contributed by atoms with van der Waals surface area (Å²) in [6, 6.07) is 12.4. The predicted molar refractivity (Wildman–Crippen MR) is 66.0 cm³/mol. The van der Waals surface area contributed by atoms with Crippen LogP contribution >= 0.6 is 0 Å². The average molecular weight is 240 g/mol. The molecular formula is C13H10N3O2+. The Bertz CT molecular complexity index is 716. The van der Waals surface area contributed by atoms with Crippen LogP contribution in [0.4, 0.5) is 5.69 Å². The minimum atomic E-state index is -0.399. The highest BCUT2D eigenvalue weighted by atomic mass is 16.6. The molecule has 0 radical (unpaired) electrons. The number of benzene rings is 1. The molecule has 0 fully saturated rings. The monoisotopic (exact) mass is 240 g/mol. The van der Waals surface area contributed by atoms with Crippen molar-refractivity contribution in [3.63, 3.8) is 0 Å². The van der Waals surface area contributed by atoms with Gasteiger partial charge in [-0.2, -0.15) is 4.40 Å². The fourth-order valence-corrected chi connectivity index (χ4v) is 1.95. The molecule has 0 atom stereocenters. The lowest BCUT2D eigenvalue weighted by atomic mass is 10.2. The second kappa shape index (κ2) is 3.96. The molecule has 0 amide bonds. The van der Waals surface area contributed by atoms with E-state index in [0.29, 0.717) is 0 Å². The van der Waals surface area contributed by atoms with Crippen molar-refractivity contribution in [3.8, 4) is 11.4 Å². The second-order valence-corrected chi connectivity index (χ2v) is 3.94. The van der Waals surface area contributed by atoms with Crippen molar-refractivity contribution in [3.05, 3.63) is 65.0 Å². The number of hydrogen-bond acceptors (Lipinski definition) is 2. The van der Waals surface area contributed by atoms with Gasteiger partial charge in [-0.15, -0.1) is 0 Å². The minimum Gasteiger partial charge on any atom is -0.258 e. The molecule has 0 aliphatic rings. The fourth-order valence-electron chi connectivity index (χ4n) is 1.95. The van der Waals surface area contributed by atoms with Crippen molar-refractivity contribution in [1.82, 2.24) is 4.98 Å². The lowest BCUT2D eigenvalue weighted by Crippen LogP contribution is -2.20. The maximum absolute atomic E-state index is 10.6. The highest BCUT2D eigenvalue weighted by molar-refractivity contribution is 5.57. The Hall–Kier alpha value is -2.69. The van der Waals surface area contributed by atoms with E-state index in [-0.39, 0.29) is 5.69 Å². The third-order valence-corrected chi connectivity index (χ3v) is 2.84. The van der Waals surface area contributed by atoms with Gasteiger partial charge < -0.3 is 0 Å². The molecular weight excluding hydrogens is 230 g/mol. The van der Waals surface area contributed by atoms with E-state index >= 15 is 0 Å². The predicted octanol–water partition coefficient (Wildman–Crippen LogP) is 2.33. The maximum atomic E-state index is 10.6. The molecule has 3 rings (SSSR count). The highest BCUT2D eigenvalue weighted by Crippen LogP contribution is 2.18. The number of nitrogens with zero attached hydrogens (tertiary/aromatic N) is 2. The molecule has 5 nitrogen and oxygen atoms in total. The Labute approximate surface area is 102 Å². The number of H-pyrrole nitrogens is 1. The molecule has 1 aromatic carbocycles. The van der Waals surface area contributed by atoms with Gasteiger partial charge in [0.2, 0.25) is 0 Å². The second-order valence-electron chi connectivity index (χ2n) is 3.94. The molecule has 3 aromatic rings. The molecule has 0 aliphatic heterocycles. The molecule has 88 valence electrons. The number of non-ortho nitro benzene ring substituents is 1. The number of imidazole rings is 1. The summed E-state index contributed by atoms with van der Waals surface area (Å²) in [6.45, 7) is 0. The van der Waals surface area contributed by atoms with Gasteiger partial charge in [-0.05, 0) is 24.3 Å². The van der Waals surface area contributed by atoms with Gasteiger partial charge in [0.1, 0.15) is 6.20 Å². The number of nitro groups is 1. The highest BCUT2D eigenvalue weighted by Gasteiger charge is 2.14. The van der Waals surface area contributed by atoms with Crippen molar-refractivity contribution < 1.29 is 9.32 Å². The van der Waals surface area contributed by atoms with E-state index < -0.39 is 4.92 Å². The number of aromatic nitrogens is 2. The zero-order valence-electron chi connectivity index (χ0n) is 9.41. The van der Waals surface area contributed by atoms with E-state index in [1.165, 1.54) is 12.1 Å². The lowest BCUT2D eigenvalue weighted by molar-refractivity contribution is -0.498. The molecule has 0 bridgehead atoms. The SMILES string of the molecule is O=[N+]([O-])c1ccc(-c2[nH]cc3cccc[n+]23)cc1. The summed E-state index contributed by atoms with van der Waals surface area (Å²) in [4.78, 5) is 13.4. The van der Waals surface area contributed by atoms with Crippen LogP contribution in [0.2, 0.25) is 0 Å². The summed E-state index contributed by atoms with van der Waals surface area (Å²) in [5, 5.41) is 10.6. The number of hydrogen-bond donors (Lipinski definition) is 1. The number of pyridine rings is 1. The summed E-state index contributed by atoms with van der Waals surface area (Å²) < 4.78 is 2.00. The van der Waals surface area contributed by atoms with Crippen molar-refractivity contribution >= 4 is 11.2 Å². The van der Waals surface area contributed by atoms with Crippen LogP contribution in [0.5, 0.6) is 0 Å². The number of fused-ring (bicyclic) bond motifs is 1. The topological polar surface area (TPSA) is 63.0 Å². The van der Waals surface area contributed by atoms with Gasteiger partial charge in [0.15, 0.2) is 5.52 Å². The van der Waals surface area contributed by atoms with Crippen LogP contribution in [0.25, 0.3) is 16.9 Å². The van der Waals surface area contributed by atoms with Crippen LogP contribution in [-0.2, 0) is 0 Å². The molecule has 0 saturated carbocycles. The van der Waals surface area contributed by atoms with Gasteiger partial charge in [0.05, 0.1) is 16.7 Å². The molecule has 5 heteroatoms. The first-order valence-corrected chi connectivity index (χ1v) is 5.48. The smallest absolute Gasteiger partial charge is 0.258 e. The third-order valence-electron chi connectivity index (χ3n) is 2.84. The van der Waals surface area contributed by atoms with E-state index in [0.717, 1.165) is 16.9 Å². The Balaban J connectivity index is 2.12. The summed E-state index contributed by atoms with van der Waals surface area (Å²) >= 11 is 0. The van der Waals surface area contributed by atoms with Gasteiger partial charge in [-0.25, -0.2) is 4.98 Å². The first-order valence-electron chi connectivity index (χ1n) is 5.48. The van der Waals surface area contributed by atoms with Crippen LogP contribution < -0.4 is 4.40 Å². The normalized spacial score (nSPS) is 10.7. The van der Waals surface area contributed by atoms with Crippen molar-refractivity contribution in [1.29, 1.82) is 0 Å². The first-order chi connectivity index (χ1) is 8.75. The number of aromatic amines is 1. The summed E-state index contributed by atoms with van der Waals surface area (Å²) in [5.74, 6) is 0.903. The number of rotatable bonds is 2. The average Bonchev–Trinajstić information content (AvgIpc) is 2.82. The van der Waals surface area contributed by atoms with Gasteiger partial charge >= 0.3 is 0 Å². The molecule has 1 N–H and O–H groups in total. The standard InChI is InChI=1S/C13H9N3O2/c17-16(18)11-6-4-10(5-7-11)13-14-9-12-3-1-2-8-15(12)13/h1-9H/p+1. The first kappa shape index (κ1) is 10.5. The van der Waals surface area contributed by atoms with Crippen molar-refractivity contribution in [2.75, 3.05) is 0 Å². The van der Waals surface area contributed by atoms with Crippen molar-refractivity contribution in [2.24, 2.45) is 0 Å². The molecule has 0 unspecified atom stereocenters. The van der Waals surface area contributed by atoms with Crippen LogP contribution in [0.15, 0.2) is 54.9 Å². The van der Waals surface area contributed by atoms with E-state index in [4.69, 9.17) is 0 Å². The van der Waals surface area contributed by atoms with E-state index in [1.54, 1.807) is 12.1 Å². The molecule has 0 saturated heterocycles. The Kier molecular flexibility index (Phi) is 2.30. The third kappa shape index (κ3) is 1.62. The van der Waals surface area contributed by atoms with Crippen LogP contribution in [0.3, 0.4) is 0 Å². The van der Waals surface area contributed by atoms with E-state index in [9.17, 15) is 10.1 Å². The number of nitro benzene ring substituents is 1. The molecule has 0 aliphatic carbocycles. The molecule has 18 heavy (non-hydrogen) atoms. The van der Waals surface area contributed by atoms with Gasteiger partial charge in [0, 0.05) is 12.1 Å². The van der Waals surface area contributed by atoms with E-state index in [2.05, 4.69) is 4.98 Å².